The van der Waals surface area contributed by atoms with E-state index in [-0.39, 0.29) is 0 Å². The lowest BCUT2D eigenvalue weighted by molar-refractivity contribution is 0.135. The fraction of sp³-hybridized carbons (Fsp3) is 0.833. The van der Waals surface area contributed by atoms with Crippen molar-refractivity contribution in [3.05, 3.63) is 7.05 Å². The summed E-state index contributed by atoms with van der Waals surface area (Å²) >= 11 is 0. The molecular formula is C6H10N-. The molecule has 0 aromatic heterocycles. The molecule has 1 heterocycles. The second kappa shape index (κ2) is 0.873. The molecule has 2 aliphatic rings. The molecule has 0 amide bonds. The number of nitrogens with zero attached hydrogens (tertiary/aromatic N) is 1. The van der Waals surface area contributed by atoms with Crippen molar-refractivity contribution in [3.63, 3.8) is 0 Å². The Bertz CT molecular complexity index is 86.4. The van der Waals surface area contributed by atoms with Crippen LogP contribution in [-0.4, -0.2) is 18.0 Å². The SMILES string of the molecule is [CH2-]N1CC2(CC2)C1. The molecule has 1 heteroatoms. The van der Waals surface area contributed by atoms with Crippen LogP contribution in [0.1, 0.15) is 12.8 Å². The van der Waals surface area contributed by atoms with Gasteiger partial charge in [-0.15, -0.1) is 0 Å². The maximum Gasteiger partial charge on any atom is -0.00903 e. The normalized spacial score (nSPS) is 35.6. The first-order valence-corrected chi connectivity index (χ1v) is 2.86. The molecule has 0 unspecified atom stereocenters. The first-order valence-electron chi connectivity index (χ1n) is 2.86. The average molecular weight is 96.2 g/mol. The zero-order valence-electron chi connectivity index (χ0n) is 4.48. The summed E-state index contributed by atoms with van der Waals surface area (Å²) < 4.78 is 0. The summed E-state index contributed by atoms with van der Waals surface area (Å²) in [6, 6.07) is 0. The maximum atomic E-state index is 3.81. The summed E-state index contributed by atoms with van der Waals surface area (Å²) in [5.41, 5.74) is 0.807. The molecule has 0 aromatic carbocycles. The van der Waals surface area contributed by atoms with Crippen LogP contribution in [0.3, 0.4) is 0 Å². The first-order chi connectivity index (χ1) is 3.31. The minimum absolute atomic E-state index is 0.807. The van der Waals surface area contributed by atoms with Crippen LogP contribution >= 0.6 is 0 Å². The smallest absolute Gasteiger partial charge is 0.00903 e. The van der Waals surface area contributed by atoms with Crippen molar-refractivity contribution in [3.8, 4) is 0 Å². The van der Waals surface area contributed by atoms with Gasteiger partial charge in [0.05, 0.1) is 0 Å². The summed E-state index contributed by atoms with van der Waals surface area (Å²) in [4.78, 5) is 2.15. The van der Waals surface area contributed by atoms with E-state index in [1.54, 1.807) is 0 Å². The molecule has 1 saturated heterocycles. The van der Waals surface area contributed by atoms with E-state index in [1.807, 2.05) is 0 Å². The van der Waals surface area contributed by atoms with Crippen LogP contribution in [0.2, 0.25) is 0 Å². The van der Waals surface area contributed by atoms with Crippen LogP contribution in [-0.2, 0) is 0 Å². The Morgan fingerprint density at radius 2 is 1.86 bits per heavy atom. The largest absolute Gasteiger partial charge is 0.458 e. The Labute approximate surface area is 44.3 Å². The molecule has 1 saturated carbocycles. The molecule has 0 radical (unpaired) electrons. The van der Waals surface area contributed by atoms with E-state index < -0.39 is 0 Å². The Balaban J connectivity index is 1.97. The predicted molar refractivity (Wildman–Crippen MR) is 28.6 cm³/mol. The highest BCUT2D eigenvalue weighted by atomic mass is 15.2. The van der Waals surface area contributed by atoms with Gasteiger partial charge in [-0.1, -0.05) is 0 Å². The van der Waals surface area contributed by atoms with Crippen molar-refractivity contribution in [2.45, 2.75) is 12.8 Å². The van der Waals surface area contributed by atoms with Crippen molar-refractivity contribution < 1.29 is 0 Å². The van der Waals surface area contributed by atoms with E-state index in [4.69, 9.17) is 0 Å². The topological polar surface area (TPSA) is 3.24 Å². The minimum Gasteiger partial charge on any atom is -0.458 e. The number of likely N-dealkylation sites (tertiary alicyclic amines) is 1. The average Bonchev–Trinajstić information content (AvgIpc) is 2.14. The fourth-order valence-corrected chi connectivity index (χ4v) is 1.40. The molecule has 1 spiro atoms. The van der Waals surface area contributed by atoms with Crippen molar-refractivity contribution in [1.29, 1.82) is 0 Å². The van der Waals surface area contributed by atoms with Gasteiger partial charge >= 0.3 is 0 Å². The molecule has 2 rings (SSSR count). The Hall–Kier alpha value is -0.0400. The van der Waals surface area contributed by atoms with Crippen molar-refractivity contribution in [2.24, 2.45) is 5.41 Å². The molecule has 2 fully saturated rings. The second-order valence-corrected chi connectivity index (χ2v) is 2.99. The molecule has 0 aromatic rings. The molecule has 1 aliphatic carbocycles. The second-order valence-electron chi connectivity index (χ2n) is 2.99. The van der Waals surface area contributed by atoms with E-state index >= 15 is 0 Å². The summed E-state index contributed by atoms with van der Waals surface area (Å²) in [7, 11) is 3.81. The van der Waals surface area contributed by atoms with Gasteiger partial charge in [0.1, 0.15) is 0 Å². The van der Waals surface area contributed by atoms with Gasteiger partial charge in [-0.05, 0) is 31.3 Å². The molecular weight excluding hydrogens is 86.1 g/mol. The number of rotatable bonds is 0. The maximum absolute atomic E-state index is 3.81. The standard InChI is InChI=1S/C6H10N/c1-7-4-6(5-7)2-3-6/h1-5H2/q-1. The third-order valence-corrected chi connectivity index (χ3v) is 2.08. The zero-order chi connectivity index (χ0) is 4.91. The Morgan fingerprint density at radius 1 is 1.29 bits per heavy atom. The molecule has 0 bridgehead atoms. The zero-order valence-corrected chi connectivity index (χ0v) is 4.48. The highest BCUT2D eigenvalue weighted by molar-refractivity contribution is 5.04. The van der Waals surface area contributed by atoms with E-state index in [9.17, 15) is 0 Å². The van der Waals surface area contributed by atoms with Crippen LogP contribution in [0.4, 0.5) is 0 Å². The van der Waals surface area contributed by atoms with Crippen LogP contribution in [0, 0.1) is 12.5 Å². The number of hydrogen-bond acceptors (Lipinski definition) is 1. The number of hydrogen-bond donors (Lipinski definition) is 0. The lowest BCUT2D eigenvalue weighted by Gasteiger charge is -2.43. The quantitative estimate of drug-likeness (QED) is 0.404. The van der Waals surface area contributed by atoms with E-state index in [1.165, 1.54) is 25.9 Å². The summed E-state index contributed by atoms with van der Waals surface area (Å²) in [5, 5.41) is 0. The Morgan fingerprint density at radius 3 is 2.00 bits per heavy atom. The molecule has 0 N–H and O–H groups in total. The van der Waals surface area contributed by atoms with E-state index in [0.29, 0.717) is 0 Å². The van der Waals surface area contributed by atoms with Gasteiger partial charge in [-0.2, -0.15) is 0 Å². The minimum atomic E-state index is 0.807. The third-order valence-electron chi connectivity index (χ3n) is 2.08. The van der Waals surface area contributed by atoms with Crippen LogP contribution in [0.25, 0.3) is 0 Å². The van der Waals surface area contributed by atoms with E-state index in [2.05, 4.69) is 11.9 Å². The Kier molecular flexibility index (Phi) is 0.487. The third kappa shape index (κ3) is 0.418. The summed E-state index contributed by atoms with van der Waals surface area (Å²) in [6.45, 7) is 2.54. The van der Waals surface area contributed by atoms with Crippen molar-refractivity contribution >= 4 is 0 Å². The first kappa shape index (κ1) is 3.90. The fourth-order valence-electron chi connectivity index (χ4n) is 1.40. The molecule has 1 nitrogen and oxygen atoms in total. The monoisotopic (exact) mass is 96.1 g/mol. The van der Waals surface area contributed by atoms with Crippen LogP contribution in [0.15, 0.2) is 0 Å². The van der Waals surface area contributed by atoms with Gasteiger partial charge in [0.2, 0.25) is 0 Å². The molecule has 0 atom stereocenters. The van der Waals surface area contributed by atoms with Crippen molar-refractivity contribution in [2.75, 3.05) is 13.1 Å². The predicted octanol–water partition coefficient (Wildman–Crippen LogP) is 0.874. The van der Waals surface area contributed by atoms with Crippen LogP contribution < -0.4 is 0 Å². The molecule has 7 heavy (non-hydrogen) atoms. The summed E-state index contributed by atoms with van der Waals surface area (Å²) in [6.07, 6.45) is 2.94. The van der Waals surface area contributed by atoms with Crippen LogP contribution in [0.5, 0.6) is 0 Å². The summed E-state index contributed by atoms with van der Waals surface area (Å²) in [5.74, 6) is 0. The highest BCUT2D eigenvalue weighted by Crippen LogP contribution is 2.52. The van der Waals surface area contributed by atoms with Gasteiger partial charge in [-0.3, -0.25) is 7.05 Å². The van der Waals surface area contributed by atoms with Crippen molar-refractivity contribution in [1.82, 2.24) is 4.90 Å². The van der Waals surface area contributed by atoms with Gasteiger partial charge in [0, 0.05) is 0 Å². The molecule has 1 aliphatic heterocycles. The van der Waals surface area contributed by atoms with Gasteiger partial charge in [-0.25, -0.2) is 0 Å². The van der Waals surface area contributed by atoms with E-state index in [0.717, 1.165) is 5.41 Å². The van der Waals surface area contributed by atoms with Gasteiger partial charge < -0.3 is 4.90 Å². The van der Waals surface area contributed by atoms with Gasteiger partial charge in [0.25, 0.3) is 0 Å². The highest BCUT2D eigenvalue weighted by Gasteiger charge is 2.48. The molecule has 40 valence electrons. The lowest BCUT2D eigenvalue weighted by Crippen LogP contribution is -2.43. The lowest BCUT2D eigenvalue weighted by atomic mass is 9.98. The van der Waals surface area contributed by atoms with Gasteiger partial charge in [0.15, 0.2) is 0 Å².